The molecule has 0 atom stereocenters. The third-order valence-corrected chi connectivity index (χ3v) is 0.612. The van der Waals surface area contributed by atoms with Crippen molar-refractivity contribution in [2.75, 3.05) is 7.11 Å². The summed E-state index contributed by atoms with van der Waals surface area (Å²) >= 11 is 0. The summed E-state index contributed by atoms with van der Waals surface area (Å²) in [5, 5.41) is 7.32. The maximum atomic E-state index is 7.32. The van der Waals surface area contributed by atoms with Crippen molar-refractivity contribution in [2.45, 2.75) is 33.3 Å². The molecule has 0 heterocycles. The molecule has 0 aromatic rings. The van der Waals surface area contributed by atoms with Crippen LogP contribution in [0.15, 0.2) is 0 Å². The Balaban J connectivity index is 0. The van der Waals surface area contributed by atoms with Gasteiger partial charge in [0.2, 0.25) is 0 Å². The summed E-state index contributed by atoms with van der Waals surface area (Å²) in [6, 6.07) is 1.75. The fourth-order valence-corrected chi connectivity index (χ4v) is 0. The van der Waals surface area contributed by atoms with Gasteiger partial charge in [-0.25, -0.2) is 0 Å². The zero-order valence-corrected chi connectivity index (χ0v) is 6.86. The van der Waals surface area contributed by atoms with Gasteiger partial charge in [0, 0.05) is 14.0 Å². The number of hydrogen-bond acceptors (Lipinski definition) is 2. The molecule has 0 spiro atoms. The highest BCUT2D eigenvalue weighted by molar-refractivity contribution is 4.55. The van der Waals surface area contributed by atoms with Crippen LogP contribution < -0.4 is 0 Å². The molecule has 0 saturated carbocycles. The van der Waals surface area contributed by atoms with E-state index in [1.165, 1.54) is 6.92 Å². The van der Waals surface area contributed by atoms with Crippen LogP contribution >= 0.6 is 0 Å². The van der Waals surface area contributed by atoms with Gasteiger partial charge in [-0.15, -0.1) is 0 Å². The minimum absolute atomic E-state index is 0.0417. The molecular formula is C7H15NO. The minimum atomic E-state index is 0.0417. The van der Waals surface area contributed by atoms with Gasteiger partial charge in [-0.05, 0) is 20.8 Å². The SMILES string of the molecule is CC#N.COC(C)(C)C. The molecule has 9 heavy (non-hydrogen) atoms. The van der Waals surface area contributed by atoms with Crippen molar-refractivity contribution in [1.29, 1.82) is 5.26 Å². The Morgan fingerprint density at radius 1 is 1.33 bits per heavy atom. The Bertz CT molecular complexity index is 86.1. The van der Waals surface area contributed by atoms with Gasteiger partial charge in [0.1, 0.15) is 0 Å². The van der Waals surface area contributed by atoms with Crippen LogP contribution in [-0.2, 0) is 4.74 Å². The van der Waals surface area contributed by atoms with Crippen molar-refractivity contribution >= 4 is 0 Å². The molecule has 2 heteroatoms. The van der Waals surface area contributed by atoms with E-state index < -0.39 is 0 Å². The highest BCUT2D eigenvalue weighted by Gasteiger charge is 2.03. The lowest BCUT2D eigenvalue weighted by Gasteiger charge is -2.14. The van der Waals surface area contributed by atoms with E-state index in [9.17, 15) is 0 Å². The van der Waals surface area contributed by atoms with Crippen LogP contribution in [0.2, 0.25) is 0 Å². The average Bonchev–Trinajstić information content (AvgIpc) is 1.67. The van der Waals surface area contributed by atoms with Gasteiger partial charge in [-0.2, -0.15) is 5.26 Å². The van der Waals surface area contributed by atoms with E-state index in [1.54, 1.807) is 13.2 Å². The fourth-order valence-electron chi connectivity index (χ4n) is 0. The van der Waals surface area contributed by atoms with Crippen LogP contribution in [0.1, 0.15) is 27.7 Å². The zero-order valence-electron chi connectivity index (χ0n) is 6.86. The maximum absolute atomic E-state index is 7.32. The molecule has 0 amide bonds. The first kappa shape index (κ1) is 11.3. The molecule has 54 valence electrons. The van der Waals surface area contributed by atoms with E-state index in [1.807, 2.05) is 20.8 Å². The normalized spacial score (nSPS) is 8.89. The van der Waals surface area contributed by atoms with E-state index >= 15 is 0 Å². The number of methoxy groups -OCH3 is 1. The second-order valence-electron chi connectivity index (χ2n) is 2.54. The highest BCUT2D eigenvalue weighted by Crippen LogP contribution is 2.02. The van der Waals surface area contributed by atoms with Crippen LogP contribution in [0.3, 0.4) is 0 Å². The number of nitrogens with zero attached hydrogens (tertiary/aromatic N) is 1. The van der Waals surface area contributed by atoms with Crippen LogP contribution in [0, 0.1) is 11.3 Å². The Hall–Kier alpha value is -0.550. The monoisotopic (exact) mass is 129 g/mol. The summed E-state index contributed by atoms with van der Waals surface area (Å²) < 4.78 is 4.94. The predicted octanol–water partition coefficient (Wildman–Crippen LogP) is 1.96. The first-order valence-corrected chi connectivity index (χ1v) is 2.84. The lowest BCUT2D eigenvalue weighted by Crippen LogP contribution is -2.15. The van der Waals surface area contributed by atoms with Gasteiger partial charge in [-0.3, -0.25) is 0 Å². The summed E-state index contributed by atoms with van der Waals surface area (Å²) in [4.78, 5) is 0. The van der Waals surface area contributed by atoms with Crippen molar-refractivity contribution < 1.29 is 4.74 Å². The molecule has 0 bridgehead atoms. The molecule has 0 unspecified atom stereocenters. The average molecular weight is 129 g/mol. The lowest BCUT2D eigenvalue weighted by molar-refractivity contribution is 0.0397. The smallest absolute Gasteiger partial charge is 0.0594 e. The summed E-state index contributed by atoms with van der Waals surface area (Å²) in [5.41, 5.74) is 0.0417. The Labute approximate surface area is 57.4 Å². The van der Waals surface area contributed by atoms with Gasteiger partial charge in [0.15, 0.2) is 0 Å². The van der Waals surface area contributed by atoms with Crippen molar-refractivity contribution in [3.63, 3.8) is 0 Å². The molecule has 0 fully saturated rings. The van der Waals surface area contributed by atoms with Gasteiger partial charge in [0.25, 0.3) is 0 Å². The van der Waals surface area contributed by atoms with Gasteiger partial charge >= 0.3 is 0 Å². The first-order chi connectivity index (χ1) is 3.97. The van der Waals surface area contributed by atoms with Gasteiger partial charge in [-0.1, -0.05) is 0 Å². The summed E-state index contributed by atoms with van der Waals surface area (Å²) in [7, 11) is 1.71. The van der Waals surface area contributed by atoms with Crippen molar-refractivity contribution in [3.8, 4) is 6.07 Å². The highest BCUT2D eigenvalue weighted by atomic mass is 16.5. The Kier molecular flexibility index (Phi) is 6.99. The van der Waals surface area contributed by atoms with Crippen molar-refractivity contribution in [2.24, 2.45) is 0 Å². The lowest BCUT2D eigenvalue weighted by atomic mass is 10.2. The second-order valence-corrected chi connectivity index (χ2v) is 2.54. The molecule has 0 aliphatic carbocycles. The third kappa shape index (κ3) is 36.9. The molecule has 0 saturated heterocycles. The van der Waals surface area contributed by atoms with Gasteiger partial charge < -0.3 is 4.74 Å². The van der Waals surface area contributed by atoms with Crippen LogP contribution in [-0.4, -0.2) is 12.7 Å². The van der Waals surface area contributed by atoms with Crippen LogP contribution in [0.25, 0.3) is 0 Å². The summed E-state index contributed by atoms with van der Waals surface area (Å²) in [6.07, 6.45) is 0. The molecule has 0 radical (unpaired) electrons. The molecule has 0 aliphatic heterocycles. The van der Waals surface area contributed by atoms with E-state index in [-0.39, 0.29) is 5.60 Å². The quantitative estimate of drug-likeness (QED) is 0.501. The molecule has 0 N–H and O–H groups in total. The van der Waals surface area contributed by atoms with Crippen molar-refractivity contribution in [3.05, 3.63) is 0 Å². The van der Waals surface area contributed by atoms with E-state index in [0.29, 0.717) is 0 Å². The Morgan fingerprint density at radius 2 is 1.44 bits per heavy atom. The third-order valence-electron chi connectivity index (χ3n) is 0.612. The van der Waals surface area contributed by atoms with Crippen molar-refractivity contribution in [1.82, 2.24) is 0 Å². The van der Waals surface area contributed by atoms with E-state index in [2.05, 4.69) is 0 Å². The molecule has 0 aliphatic rings. The molecule has 0 rings (SSSR count). The van der Waals surface area contributed by atoms with E-state index in [0.717, 1.165) is 0 Å². The van der Waals surface area contributed by atoms with Crippen LogP contribution in [0.5, 0.6) is 0 Å². The first-order valence-electron chi connectivity index (χ1n) is 2.84. The summed E-state index contributed by atoms with van der Waals surface area (Å²) in [6.45, 7) is 7.49. The predicted molar refractivity (Wildman–Crippen MR) is 38.0 cm³/mol. The number of nitriles is 1. The number of rotatable bonds is 0. The number of ether oxygens (including phenoxy) is 1. The summed E-state index contributed by atoms with van der Waals surface area (Å²) in [5.74, 6) is 0. The second kappa shape index (κ2) is 5.58. The largest absolute Gasteiger partial charge is 0.379 e. The molecule has 2 nitrogen and oxygen atoms in total. The Morgan fingerprint density at radius 3 is 1.44 bits per heavy atom. The topological polar surface area (TPSA) is 33.0 Å². The van der Waals surface area contributed by atoms with Crippen LogP contribution in [0.4, 0.5) is 0 Å². The molecule has 0 aromatic carbocycles. The molecule has 0 aromatic heterocycles. The van der Waals surface area contributed by atoms with Gasteiger partial charge in [0.05, 0.1) is 11.7 Å². The minimum Gasteiger partial charge on any atom is -0.379 e. The number of hydrogen-bond donors (Lipinski definition) is 0. The standard InChI is InChI=1S/C5H12O.C2H3N/c1-5(2,3)6-4;1-2-3/h1-4H3;1H3. The van der Waals surface area contributed by atoms with E-state index in [4.69, 9.17) is 10.00 Å². The zero-order chi connectivity index (χ0) is 7.91. The maximum Gasteiger partial charge on any atom is 0.0594 e. The fraction of sp³-hybridized carbons (Fsp3) is 0.857. The molecular weight excluding hydrogens is 114 g/mol.